The molecular weight excluding hydrogens is 396 g/mol. The van der Waals surface area contributed by atoms with Gasteiger partial charge in [-0.05, 0) is 46.5 Å². The monoisotopic (exact) mass is 434 g/mol. The fraction of sp³-hybridized carbons (Fsp3) is 0.773. The smallest absolute Gasteiger partial charge is 0.410 e. The molecule has 0 radical (unpaired) electrons. The lowest BCUT2D eigenvalue weighted by atomic mass is 9.98. The topological polar surface area (TPSA) is 86.4 Å². The van der Waals surface area contributed by atoms with Crippen LogP contribution in [0.25, 0.3) is 0 Å². The maximum atomic E-state index is 12.4. The largest absolute Gasteiger partial charge is 0.444 e. The average molecular weight is 435 g/mol. The highest BCUT2D eigenvalue weighted by Crippen LogP contribution is 2.20. The van der Waals surface area contributed by atoms with Crippen LogP contribution in [0.2, 0.25) is 0 Å². The van der Waals surface area contributed by atoms with E-state index in [1.807, 2.05) is 31.7 Å². The summed E-state index contributed by atoms with van der Waals surface area (Å²) < 4.78 is 10.5. The minimum absolute atomic E-state index is 0.212. The second-order valence-corrected chi connectivity index (χ2v) is 9.38. The van der Waals surface area contributed by atoms with Crippen LogP contribution in [0.3, 0.4) is 0 Å². The molecule has 2 saturated heterocycles. The standard InChI is InChI=1S/C22H38N6O3/c1-5-23-20(27-12-10-26(11-13-27)17-19-8-14-30-25-19)24-15-18-7-6-9-28(16-18)21(29)31-22(2,3)4/h8,14,18H,5-7,9-13,15-17H2,1-4H3,(H,23,24). The molecule has 2 aliphatic heterocycles. The lowest BCUT2D eigenvalue weighted by Gasteiger charge is -2.37. The zero-order valence-corrected chi connectivity index (χ0v) is 19.5. The van der Waals surface area contributed by atoms with Crippen LogP contribution in [-0.2, 0) is 11.3 Å². The van der Waals surface area contributed by atoms with E-state index < -0.39 is 5.60 Å². The van der Waals surface area contributed by atoms with Crippen molar-refractivity contribution in [2.75, 3.05) is 52.4 Å². The molecular formula is C22H38N6O3. The van der Waals surface area contributed by atoms with E-state index in [0.717, 1.165) is 76.9 Å². The fourth-order valence-corrected chi connectivity index (χ4v) is 4.01. The van der Waals surface area contributed by atoms with Gasteiger partial charge in [0.1, 0.15) is 11.9 Å². The van der Waals surface area contributed by atoms with E-state index in [4.69, 9.17) is 14.3 Å². The van der Waals surface area contributed by atoms with Gasteiger partial charge in [0.25, 0.3) is 0 Å². The van der Waals surface area contributed by atoms with E-state index in [0.29, 0.717) is 12.5 Å². The summed E-state index contributed by atoms with van der Waals surface area (Å²) in [5, 5.41) is 7.45. The first-order valence-electron chi connectivity index (χ1n) is 11.5. The minimum Gasteiger partial charge on any atom is -0.444 e. The molecule has 1 aromatic heterocycles. The number of piperazine rings is 1. The Hall–Kier alpha value is -2.29. The number of ether oxygens (including phenoxy) is 1. The van der Waals surface area contributed by atoms with Crippen molar-refractivity contribution < 1.29 is 14.1 Å². The number of amides is 1. The van der Waals surface area contributed by atoms with Crippen molar-refractivity contribution in [1.29, 1.82) is 0 Å². The van der Waals surface area contributed by atoms with Crippen LogP contribution in [0.15, 0.2) is 21.8 Å². The summed E-state index contributed by atoms with van der Waals surface area (Å²) in [6, 6.07) is 1.92. The molecule has 0 saturated carbocycles. The van der Waals surface area contributed by atoms with Crippen molar-refractivity contribution in [2.24, 2.45) is 10.9 Å². The highest BCUT2D eigenvalue weighted by molar-refractivity contribution is 5.80. The first-order chi connectivity index (χ1) is 14.8. The maximum absolute atomic E-state index is 12.4. The number of likely N-dealkylation sites (tertiary alicyclic amines) is 1. The third-order valence-electron chi connectivity index (χ3n) is 5.55. The number of hydrogen-bond acceptors (Lipinski definition) is 6. The number of aromatic nitrogens is 1. The Morgan fingerprint density at radius 3 is 2.68 bits per heavy atom. The molecule has 1 N–H and O–H groups in total. The van der Waals surface area contributed by atoms with Crippen LogP contribution in [0.1, 0.15) is 46.2 Å². The molecule has 3 rings (SSSR count). The Kier molecular flexibility index (Phi) is 8.17. The molecule has 2 aliphatic rings. The van der Waals surface area contributed by atoms with Crippen molar-refractivity contribution >= 4 is 12.1 Å². The van der Waals surface area contributed by atoms with Crippen molar-refractivity contribution in [1.82, 2.24) is 25.2 Å². The zero-order chi connectivity index (χ0) is 22.3. The average Bonchev–Trinajstić information content (AvgIpc) is 3.24. The Bertz CT molecular complexity index is 707. The molecule has 0 spiro atoms. The van der Waals surface area contributed by atoms with Gasteiger partial charge in [0, 0.05) is 65.0 Å². The molecule has 3 heterocycles. The van der Waals surface area contributed by atoms with Gasteiger partial charge in [0.05, 0.1) is 5.69 Å². The van der Waals surface area contributed by atoms with Gasteiger partial charge < -0.3 is 24.4 Å². The van der Waals surface area contributed by atoms with Gasteiger partial charge in [-0.2, -0.15) is 0 Å². The molecule has 31 heavy (non-hydrogen) atoms. The van der Waals surface area contributed by atoms with Crippen molar-refractivity contribution in [3.63, 3.8) is 0 Å². The highest BCUT2D eigenvalue weighted by atomic mass is 16.6. The van der Waals surface area contributed by atoms with Gasteiger partial charge in [-0.3, -0.25) is 9.89 Å². The van der Waals surface area contributed by atoms with Gasteiger partial charge in [0.15, 0.2) is 5.96 Å². The molecule has 0 aromatic carbocycles. The Balaban J connectivity index is 1.50. The number of piperidine rings is 1. The van der Waals surface area contributed by atoms with E-state index in [1.165, 1.54) is 0 Å². The number of hydrogen-bond donors (Lipinski definition) is 1. The van der Waals surface area contributed by atoms with Gasteiger partial charge in [-0.1, -0.05) is 5.16 Å². The summed E-state index contributed by atoms with van der Waals surface area (Å²) in [7, 11) is 0. The van der Waals surface area contributed by atoms with Gasteiger partial charge in [0.2, 0.25) is 0 Å². The Morgan fingerprint density at radius 2 is 2.03 bits per heavy atom. The van der Waals surface area contributed by atoms with Crippen LogP contribution in [0, 0.1) is 5.92 Å². The number of nitrogens with one attached hydrogen (secondary N) is 1. The summed E-state index contributed by atoms with van der Waals surface area (Å²) in [6.07, 6.45) is 3.50. The lowest BCUT2D eigenvalue weighted by molar-refractivity contribution is 0.0170. The van der Waals surface area contributed by atoms with Crippen LogP contribution >= 0.6 is 0 Å². The third kappa shape index (κ3) is 7.41. The predicted molar refractivity (Wildman–Crippen MR) is 120 cm³/mol. The predicted octanol–water partition coefficient (Wildman–Crippen LogP) is 2.40. The van der Waals surface area contributed by atoms with Crippen LogP contribution in [-0.4, -0.2) is 89.9 Å². The Morgan fingerprint density at radius 1 is 1.26 bits per heavy atom. The van der Waals surface area contributed by atoms with E-state index in [2.05, 4.69) is 27.2 Å². The highest BCUT2D eigenvalue weighted by Gasteiger charge is 2.28. The van der Waals surface area contributed by atoms with E-state index in [1.54, 1.807) is 6.26 Å². The Labute approximate surface area is 185 Å². The van der Waals surface area contributed by atoms with Gasteiger partial charge in [-0.15, -0.1) is 0 Å². The van der Waals surface area contributed by atoms with Crippen LogP contribution < -0.4 is 5.32 Å². The number of aliphatic imine (C=N–C) groups is 1. The third-order valence-corrected chi connectivity index (χ3v) is 5.55. The van der Waals surface area contributed by atoms with Crippen LogP contribution in [0.4, 0.5) is 4.79 Å². The molecule has 9 nitrogen and oxygen atoms in total. The second-order valence-electron chi connectivity index (χ2n) is 9.38. The van der Waals surface area contributed by atoms with Crippen molar-refractivity contribution in [3.8, 4) is 0 Å². The maximum Gasteiger partial charge on any atom is 0.410 e. The lowest BCUT2D eigenvalue weighted by Crippen LogP contribution is -2.52. The van der Waals surface area contributed by atoms with Crippen LogP contribution in [0.5, 0.6) is 0 Å². The molecule has 1 atom stereocenters. The minimum atomic E-state index is -0.462. The summed E-state index contributed by atoms with van der Waals surface area (Å²) in [6.45, 7) is 15.5. The summed E-state index contributed by atoms with van der Waals surface area (Å²) >= 11 is 0. The van der Waals surface area contributed by atoms with Gasteiger partial charge in [-0.25, -0.2) is 4.79 Å². The normalized spacial score (nSPS) is 21.3. The number of carbonyl (C=O) groups excluding carboxylic acids is 1. The van der Waals surface area contributed by atoms with Gasteiger partial charge >= 0.3 is 6.09 Å². The molecule has 174 valence electrons. The number of rotatable bonds is 5. The number of nitrogens with zero attached hydrogens (tertiary/aromatic N) is 5. The zero-order valence-electron chi connectivity index (χ0n) is 19.5. The molecule has 0 bridgehead atoms. The SMILES string of the molecule is CCNC(=NCC1CCCN(C(=O)OC(C)(C)C)C1)N1CCN(Cc2ccon2)CC1. The molecule has 0 aliphatic carbocycles. The van der Waals surface area contributed by atoms with Crippen molar-refractivity contribution in [2.45, 2.75) is 52.7 Å². The van der Waals surface area contributed by atoms with Crippen molar-refractivity contribution in [3.05, 3.63) is 18.0 Å². The number of guanidine groups is 1. The summed E-state index contributed by atoms with van der Waals surface area (Å²) in [5.74, 6) is 1.33. The first kappa shape index (κ1) is 23.4. The van der Waals surface area contributed by atoms with E-state index in [9.17, 15) is 4.79 Å². The summed E-state index contributed by atoms with van der Waals surface area (Å²) in [4.78, 5) is 23.9. The first-order valence-corrected chi connectivity index (χ1v) is 11.5. The summed E-state index contributed by atoms with van der Waals surface area (Å²) in [5.41, 5.74) is 0.511. The van der Waals surface area contributed by atoms with E-state index >= 15 is 0 Å². The molecule has 9 heteroatoms. The molecule has 1 amide bonds. The van der Waals surface area contributed by atoms with E-state index in [-0.39, 0.29) is 6.09 Å². The fourth-order valence-electron chi connectivity index (χ4n) is 4.01. The number of carbonyl (C=O) groups is 1. The molecule has 1 aromatic rings. The molecule has 1 unspecified atom stereocenters. The quantitative estimate of drug-likeness (QED) is 0.562. The molecule has 2 fully saturated rings. The second kappa shape index (κ2) is 10.8.